The van der Waals surface area contributed by atoms with Gasteiger partial charge in [-0.3, -0.25) is 14.6 Å². The quantitative estimate of drug-likeness (QED) is 0.551. The minimum Gasteiger partial charge on any atom is -0.394 e. The third-order valence-electron chi connectivity index (χ3n) is 5.64. The maximum Gasteiger partial charge on any atom is 0.251 e. The van der Waals surface area contributed by atoms with Gasteiger partial charge in [0, 0.05) is 29.6 Å². The van der Waals surface area contributed by atoms with Crippen LogP contribution in [0.2, 0.25) is 0 Å². The van der Waals surface area contributed by atoms with Crippen LogP contribution >= 0.6 is 0 Å². The van der Waals surface area contributed by atoms with E-state index in [0.29, 0.717) is 16.7 Å². The zero-order valence-electron chi connectivity index (χ0n) is 17.1. The molecule has 1 aliphatic carbocycles. The predicted molar refractivity (Wildman–Crippen MR) is 119 cm³/mol. The Morgan fingerprint density at radius 3 is 2.29 bits per heavy atom. The van der Waals surface area contributed by atoms with Crippen LogP contribution in [0.1, 0.15) is 51.6 Å². The lowest BCUT2D eigenvalue weighted by Crippen LogP contribution is -2.39. The number of hydrogen-bond acceptors (Lipinski definition) is 4. The van der Waals surface area contributed by atoms with E-state index in [1.54, 1.807) is 48.8 Å². The van der Waals surface area contributed by atoms with Crippen LogP contribution in [0.25, 0.3) is 11.1 Å². The average Bonchev–Trinajstić information content (AvgIpc) is 2.80. The first-order valence-corrected chi connectivity index (χ1v) is 10.5. The molecular formula is C25H25N3O3. The molecule has 0 spiro atoms. The van der Waals surface area contributed by atoms with E-state index in [9.17, 15) is 14.7 Å². The number of amides is 2. The van der Waals surface area contributed by atoms with Crippen LogP contribution in [-0.4, -0.2) is 34.6 Å². The molecule has 6 nitrogen and oxygen atoms in total. The predicted octanol–water partition coefficient (Wildman–Crippen LogP) is 3.49. The fourth-order valence-electron chi connectivity index (χ4n) is 3.55. The summed E-state index contributed by atoms with van der Waals surface area (Å²) in [6.07, 6.45) is 6.62. The first-order chi connectivity index (χ1) is 15.1. The molecule has 0 radical (unpaired) electrons. The minimum absolute atomic E-state index is 0.124. The van der Waals surface area contributed by atoms with Crippen molar-refractivity contribution in [1.29, 1.82) is 0 Å². The van der Waals surface area contributed by atoms with Gasteiger partial charge in [-0.05, 0) is 72.4 Å². The largest absolute Gasteiger partial charge is 0.394 e. The van der Waals surface area contributed by atoms with Gasteiger partial charge in [-0.15, -0.1) is 0 Å². The van der Waals surface area contributed by atoms with Crippen molar-refractivity contribution < 1.29 is 14.7 Å². The van der Waals surface area contributed by atoms with Crippen molar-refractivity contribution in [1.82, 2.24) is 15.6 Å². The molecule has 1 heterocycles. The van der Waals surface area contributed by atoms with Crippen molar-refractivity contribution in [2.24, 2.45) is 0 Å². The Labute approximate surface area is 181 Å². The molecule has 6 heteroatoms. The van der Waals surface area contributed by atoms with Crippen molar-refractivity contribution in [3.63, 3.8) is 0 Å². The van der Waals surface area contributed by atoms with Crippen LogP contribution in [0, 0.1) is 0 Å². The van der Waals surface area contributed by atoms with Crippen molar-refractivity contribution in [3.05, 3.63) is 89.7 Å². The van der Waals surface area contributed by atoms with E-state index in [4.69, 9.17) is 0 Å². The maximum absolute atomic E-state index is 12.7. The van der Waals surface area contributed by atoms with Gasteiger partial charge in [-0.25, -0.2) is 0 Å². The number of nitrogens with zero attached hydrogens (tertiary/aromatic N) is 1. The SMILES string of the molecule is O=C(NC1CCC1)c1cccc(C(CO)NC(=O)c2ccc(-c3ccncc3)cc2)c1. The molecule has 1 saturated carbocycles. The van der Waals surface area contributed by atoms with E-state index < -0.39 is 6.04 Å². The van der Waals surface area contributed by atoms with E-state index in [1.807, 2.05) is 24.3 Å². The summed E-state index contributed by atoms with van der Waals surface area (Å²) in [7, 11) is 0. The molecule has 1 atom stereocenters. The van der Waals surface area contributed by atoms with Crippen LogP contribution in [0.3, 0.4) is 0 Å². The van der Waals surface area contributed by atoms with Gasteiger partial charge in [0.1, 0.15) is 0 Å². The first kappa shape index (κ1) is 20.8. The summed E-state index contributed by atoms with van der Waals surface area (Å²) >= 11 is 0. The van der Waals surface area contributed by atoms with E-state index in [-0.39, 0.29) is 24.5 Å². The topological polar surface area (TPSA) is 91.3 Å². The van der Waals surface area contributed by atoms with Gasteiger partial charge in [0.05, 0.1) is 12.6 Å². The Morgan fingerprint density at radius 2 is 1.65 bits per heavy atom. The highest BCUT2D eigenvalue weighted by molar-refractivity contribution is 5.96. The summed E-state index contributed by atoms with van der Waals surface area (Å²) in [5, 5.41) is 15.7. The highest BCUT2D eigenvalue weighted by atomic mass is 16.3. The number of nitrogens with one attached hydrogen (secondary N) is 2. The average molecular weight is 415 g/mol. The number of hydrogen-bond donors (Lipinski definition) is 3. The van der Waals surface area contributed by atoms with Gasteiger partial charge >= 0.3 is 0 Å². The highest BCUT2D eigenvalue weighted by Gasteiger charge is 2.21. The van der Waals surface area contributed by atoms with Crippen LogP contribution in [0.5, 0.6) is 0 Å². The Balaban J connectivity index is 1.44. The summed E-state index contributed by atoms with van der Waals surface area (Å²) in [5.41, 5.74) is 3.72. The van der Waals surface area contributed by atoms with Crippen LogP contribution in [0.15, 0.2) is 73.1 Å². The molecule has 1 aromatic heterocycles. The minimum atomic E-state index is -0.608. The van der Waals surface area contributed by atoms with E-state index in [1.165, 1.54) is 0 Å². The lowest BCUT2D eigenvalue weighted by atomic mass is 9.93. The third-order valence-corrected chi connectivity index (χ3v) is 5.64. The molecule has 0 saturated heterocycles. The lowest BCUT2D eigenvalue weighted by Gasteiger charge is -2.26. The van der Waals surface area contributed by atoms with Gasteiger partial charge in [0.2, 0.25) is 0 Å². The summed E-state index contributed by atoms with van der Waals surface area (Å²) in [6.45, 7) is -0.269. The Bertz CT molecular complexity index is 1050. The van der Waals surface area contributed by atoms with E-state index in [2.05, 4.69) is 15.6 Å². The van der Waals surface area contributed by atoms with Crippen molar-refractivity contribution in [2.75, 3.05) is 6.61 Å². The van der Waals surface area contributed by atoms with Gasteiger partial charge in [-0.2, -0.15) is 0 Å². The highest BCUT2D eigenvalue weighted by Crippen LogP contribution is 2.21. The summed E-state index contributed by atoms with van der Waals surface area (Å²) < 4.78 is 0. The molecule has 158 valence electrons. The number of carbonyl (C=O) groups is 2. The zero-order valence-corrected chi connectivity index (χ0v) is 17.1. The zero-order chi connectivity index (χ0) is 21.6. The molecule has 4 rings (SSSR count). The number of benzene rings is 2. The second kappa shape index (κ2) is 9.53. The van der Waals surface area contributed by atoms with E-state index >= 15 is 0 Å². The fraction of sp³-hybridized carbons (Fsp3) is 0.240. The number of rotatable bonds is 7. The monoisotopic (exact) mass is 415 g/mol. The molecule has 3 N–H and O–H groups in total. The summed E-state index contributed by atoms with van der Waals surface area (Å²) in [6, 6.07) is 17.8. The molecule has 0 aliphatic heterocycles. The first-order valence-electron chi connectivity index (χ1n) is 10.5. The molecule has 31 heavy (non-hydrogen) atoms. The number of aliphatic hydroxyl groups is 1. The van der Waals surface area contributed by atoms with Gasteiger partial charge in [0.15, 0.2) is 0 Å². The number of aromatic nitrogens is 1. The number of pyridine rings is 1. The second-order valence-corrected chi connectivity index (χ2v) is 7.75. The summed E-state index contributed by atoms with van der Waals surface area (Å²) in [5.74, 6) is -0.411. The van der Waals surface area contributed by atoms with Crippen LogP contribution in [-0.2, 0) is 0 Å². The smallest absolute Gasteiger partial charge is 0.251 e. The fourth-order valence-corrected chi connectivity index (χ4v) is 3.55. The third kappa shape index (κ3) is 4.98. The molecule has 3 aromatic rings. The Morgan fingerprint density at radius 1 is 0.935 bits per heavy atom. The molecule has 1 aliphatic rings. The van der Waals surface area contributed by atoms with Crippen LogP contribution in [0.4, 0.5) is 0 Å². The summed E-state index contributed by atoms with van der Waals surface area (Å²) in [4.78, 5) is 29.2. The molecule has 2 amide bonds. The molecule has 1 unspecified atom stereocenters. The van der Waals surface area contributed by atoms with Crippen molar-refractivity contribution >= 4 is 11.8 Å². The lowest BCUT2D eigenvalue weighted by molar-refractivity contribution is 0.0912. The van der Waals surface area contributed by atoms with Gasteiger partial charge < -0.3 is 15.7 Å². The van der Waals surface area contributed by atoms with Gasteiger partial charge in [-0.1, -0.05) is 24.3 Å². The molecule has 0 bridgehead atoms. The van der Waals surface area contributed by atoms with Gasteiger partial charge in [0.25, 0.3) is 11.8 Å². The standard InChI is InChI=1S/C25H25N3O3/c29-16-23(20-3-1-4-21(15-20)25(31)27-22-5-2-6-22)28-24(30)19-9-7-17(8-10-19)18-11-13-26-14-12-18/h1,3-4,7-15,22-23,29H,2,5-6,16H2,(H,27,31)(H,28,30). The van der Waals surface area contributed by atoms with E-state index in [0.717, 1.165) is 30.4 Å². The van der Waals surface area contributed by atoms with Crippen LogP contribution < -0.4 is 10.6 Å². The Hall–Kier alpha value is -3.51. The normalized spacial score (nSPS) is 14.4. The Kier molecular flexibility index (Phi) is 6.38. The number of carbonyl (C=O) groups excluding carboxylic acids is 2. The number of aliphatic hydroxyl groups excluding tert-OH is 1. The maximum atomic E-state index is 12.7. The van der Waals surface area contributed by atoms with Crippen molar-refractivity contribution in [3.8, 4) is 11.1 Å². The molecule has 1 fully saturated rings. The molecule has 2 aromatic carbocycles. The van der Waals surface area contributed by atoms with Crippen molar-refractivity contribution in [2.45, 2.75) is 31.3 Å². The second-order valence-electron chi connectivity index (χ2n) is 7.75. The molecular weight excluding hydrogens is 390 g/mol.